The third-order valence-electron chi connectivity index (χ3n) is 2.81. The Kier molecular flexibility index (Phi) is 3.93. The minimum absolute atomic E-state index is 0.758. The molecule has 0 saturated carbocycles. The molecule has 0 unspecified atom stereocenters. The van der Waals surface area contributed by atoms with Gasteiger partial charge in [-0.1, -0.05) is 0 Å². The fourth-order valence-electron chi connectivity index (χ4n) is 1.98. The second-order valence-corrected chi connectivity index (χ2v) is 3.80. The molecule has 2 heterocycles. The zero-order valence-corrected chi connectivity index (χ0v) is 10.3. The molecule has 1 fully saturated rings. The first-order valence-corrected chi connectivity index (χ1v) is 5.79. The van der Waals surface area contributed by atoms with Gasteiger partial charge >= 0.3 is 0 Å². The number of aromatic nitrogens is 1. The number of anilines is 1. The lowest BCUT2D eigenvalue weighted by Crippen LogP contribution is -2.38. The maximum atomic E-state index is 5.36. The predicted octanol–water partition coefficient (Wildman–Crippen LogP) is 0.514. The Hall–Kier alpha value is -1.62. The number of amidine groups is 1. The number of nitrogens with zero attached hydrogens (tertiary/aromatic N) is 3. The van der Waals surface area contributed by atoms with Crippen LogP contribution in [0.3, 0.4) is 0 Å². The zero-order valence-electron chi connectivity index (χ0n) is 10.3. The topological polar surface area (TPSA) is 49.8 Å². The Balaban J connectivity index is 2.32. The van der Waals surface area contributed by atoms with Crippen molar-refractivity contribution in [2.75, 3.05) is 45.3 Å². The molecule has 0 amide bonds. The van der Waals surface area contributed by atoms with E-state index in [1.807, 2.05) is 25.4 Å². The second kappa shape index (κ2) is 5.63. The summed E-state index contributed by atoms with van der Waals surface area (Å²) in [6, 6.07) is 3.97. The highest BCUT2D eigenvalue weighted by atomic mass is 16.5. The van der Waals surface area contributed by atoms with Crippen LogP contribution < -0.4 is 10.2 Å². The summed E-state index contributed by atoms with van der Waals surface area (Å²) in [6.07, 6.45) is 1.82. The number of aliphatic imine (C=N–C) groups is 1. The molecular weight excluding hydrogens is 216 g/mol. The fraction of sp³-hybridized carbons (Fsp3) is 0.500. The number of nitrogens with one attached hydrogen (secondary N) is 1. The summed E-state index contributed by atoms with van der Waals surface area (Å²) in [6.45, 7) is 3.28. The number of ether oxygens (including phenoxy) is 1. The normalized spacial score (nSPS) is 17.1. The van der Waals surface area contributed by atoms with Crippen LogP contribution in [0.15, 0.2) is 23.3 Å². The maximum absolute atomic E-state index is 5.36. The van der Waals surface area contributed by atoms with E-state index in [2.05, 4.69) is 20.2 Å². The van der Waals surface area contributed by atoms with Crippen LogP contribution >= 0.6 is 0 Å². The van der Waals surface area contributed by atoms with E-state index in [1.165, 1.54) is 0 Å². The summed E-state index contributed by atoms with van der Waals surface area (Å²) in [7, 11) is 3.65. The molecule has 1 aromatic heterocycles. The molecule has 5 nitrogen and oxygen atoms in total. The van der Waals surface area contributed by atoms with Gasteiger partial charge in [-0.25, -0.2) is 4.98 Å². The van der Waals surface area contributed by atoms with Crippen LogP contribution in [-0.4, -0.2) is 51.2 Å². The summed E-state index contributed by atoms with van der Waals surface area (Å²) in [5.74, 6) is 1.84. The van der Waals surface area contributed by atoms with Crippen LogP contribution in [-0.2, 0) is 4.74 Å². The van der Waals surface area contributed by atoms with E-state index < -0.39 is 0 Å². The lowest BCUT2D eigenvalue weighted by atomic mass is 10.2. The van der Waals surface area contributed by atoms with Gasteiger partial charge in [0.05, 0.1) is 18.8 Å². The van der Waals surface area contributed by atoms with Crippen molar-refractivity contribution in [2.24, 2.45) is 4.99 Å². The van der Waals surface area contributed by atoms with Crippen LogP contribution in [0.2, 0.25) is 0 Å². The van der Waals surface area contributed by atoms with Gasteiger partial charge in [0.15, 0.2) is 0 Å². The second-order valence-electron chi connectivity index (χ2n) is 3.80. The van der Waals surface area contributed by atoms with Gasteiger partial charge in [-0.3, -0.25) is 4.99 Å². The van der Waals surface area contributed by atoms with E-state index in [9.17, 15) is 0 Å². The highest BCUT2D eigenvalue weighted by molar-refractivity contribution is 6.02. The SMILES string of the molecule is CN=C(NC)c1cccnc1N1CCOCC1. The van der Waals surface area contributed by atoms with Gasteiger partial charge in [0.1, 0.15) is 11.7 Å². The first kappa shape index (κ1) is 11.9. The third kappa shape index (κ3) is 2.55. The minimum atomic E-state index is 0.758. The first-order chi connectivity index (χ1) is 8.36. The van der Waals surface area contributed by atoms with E-state index in [1.54, 1.807) is 7.05 Å². The highest BCUT2D eigenvalue weighted by Gasteiger charge is 2.17. The molecular formula is C12H18N4O. The zero-order chi connectivity index (χ0) is 12.1. The van der Waals surface area contributed by atoms with E-state index in [0.717, 1.165) is 43.5 Å². The highest BCUT2D eigenvalue weighted by Crippen LogP contribution is 2.18. The van der Waals surface area contributed by atoms with Crippen molar-refractivity contribution >= 4 is 11.7 Å². The van der Waals surface area contributed by atoms with Gasteiger partial charge in [-0.2, -0.15) is 0 Å². The molecule has 1 saturated heterocycles. The standard InChI is InChI=1S/C12H18N4O/c1-13-11(14-2)10-4-3-5-15-12(10)16-6-8-17-9-7-16/h3-5H,6-9H2,1-2H3,(H,13,14). The van der Waals surface area contributed by atoms with Gasteiger partial charge in [0.25, 0.3) is 0 Å². The van der Waals surface area contributed by atoms with Crippen molar-refractivity contribution in [3.05, 3.63) is 23.9 Å². The summed E-state index contributed by atoms with van der Waals surface area (Å²) in [4.78, 5) is 10.9. The molecule has 1 aliphatic rings. The molecule has 0 bridgehead atoms. The number of pyridine rings is 1. The predicted molar refractivity (Wildman–Crippen MR) is 68.8 cm³/mol. The van der Waals surface area contributed by atoms with E-state index >= 15 is 0 Å². The summed E-state index contributed by atoms with van der Waals surface area (Å²) < 4.78 is 5.36. The molecule has 0 radical (unpaired) electrons. The molecule has 17 heavy (non-hydrogen) atoms. The monoisotopic (exact) mass is 234 g/mol. The van der Waals surface area contributed by atoms with E-state index in [0.29, 0.717) is 0 Å². The summed E-state index contributed by atoms with van der Waals surface area (Å²) >= 11 is 0. The Labute approximate surface area is 102 Å². The Bertz CT molecular complexity index is 399. The smallest absolute Gasteiger partial charge is 0.139 e. The molecule has 1 aliphatic heterocycles. The van der Waals surface area contributed by atoms with Crippen LogP contribution in [0.4, 0.5) is 5.82 Å². The molecule has 2 rings (SSSR count). The van der Waals surface area contributed by atoms with E-state index in [-0.39, 0.29) is 0 Å². The minimum Gasteiger partial charge on any atom is -0.378 e. The van der Waals surface area contributed by atoms with Gasteiger partial charge in [0.2, 0.25) is 0 Å². The number of rotatable bonds is 2. The van der Waals surface area contributed by atoms with Gasteiger partial charge in [0, 0.05) is 33.4 Å². The first-order valence-electron chi connectivity index (χ1n) is 5.79. The molecule has 92 valence electrons. The molecule has 0 spiro atoms. The molecule has 0 aromatic carbocycles. The Morgan fingerprint density at radius 2 is 2.24 bits per heavy atom. The van der Waals surface area contributed by atoms with Gasteiger partial charge < -0.3 is 15.0 Å². The largest absolute Gasteiger partial charge is 0.378 e. The van der Waals surface area contributed by atoms with Crippen molar-refractivity contribution in [3.8, 4) is 0 Å². The number of hydrogen-bond acceptors (Lipinski definition) is 4. The lowest BCUT2D eigenvalue weighted by molar-refractivity contribution is 0.122. The van der Waals surface area contributed by atoms with Gasteiger partial charge in [-0.05, 0) is 12.1 Å². The van der Waals surface area contributed by atoms with Crippen molar-refractivity contribution in [2.45, 2.75) is 0 Å². The Morgan fingerprint density at radius 3 is 2.88 bits per heavy atom. The molecule has 1 aromatic rings. The average Bonchev–Trinajstić information content (AvgIpc) is 2.42. The molecule has 1 N–H and O–H groups in total. The lowest BCUT2D eigenvalue weighted by Gasteiger charge is -2.29. The van der Waals surface area contributed by atoms with Crippen LogP contribution in [0.5, 0.6) is 0 Å². The van der Waals surface area contributed by atoms with E-state index in [4.69, 9.17) is 4.74 Å². The van der Waals surface area contributed by atoms with Crippen LogP contribution in [0.25, 0.3) is 0 Å². The van der Waals surface area contributed by atoms with Crippen molar-refractivity contribution in [3.63, 3.8) is 0 Å². The third-order valence-corrected chi connectivity index (χ3v) is 2.81. The molecule has 0 atom stereocenters. The van der Waals surface area contributed by atoms with Crippen molar-refractivity contribution in [1.82, 2.24) is 10.3 Å². The number of morpholine rings is 1. The van der Waals surface area contributed by atoms with Crippen molar-refractivity contribution in [1.29, 1.82) is 0 Å². The summed E-state index contributed by atoms with van der Waals surface area (Å²) in [5, 5.41) is 3.10. The average molecular weight is 234 g/mol. The van der Waals surface area contributed by atoms with Crippen LogP contribution in [0, 0.1) is 0 Å². The fourth-order valence-corrected chi connectivity index (χ4v) is 1.98. The van der Waals surface area contributed by atoms with Gasteiger partial charge in [-0.15, -0.1) is 0 Å². The van der Waals surface area contributed by atoms with Crippen LogP contribution in [0.1, 0.15) is 5.56 Å². The molecule has 0 aliphatic carbocycles. The number of hydrogen-bond donors (Lipinski definition) is 1. The summed E-state index contributed by atoms with van der Waals surface area (Å²) in [5.41, 5.74) is 1.04. The molecule has 5 heteroatoms. The Morgan fingerprint density at radius 1 is 1.47 bits per heavy atom. The maximum Gasteiger partial charge on any atom is 0.139 e. The van der Waals surface area contributed by atoms with Crippen molar-refractivity contribution < 1.29 is 4.74 Å². The quantitative estimate of drug-likeness (QED) is 0.598.